The Morgan fingerprint density at radius 1 is 1.61 bits per heavy atom. The molecular weight excluding hydrogens is 232 g/mol. The predicted molar refractivity (Wildman–Crippen MR) is 66.0 cm³/mol. The molecule has 0 aliphatic carbocycles. The summed E-state index contributed by atoms with van der Waals surface area (Å²) in [7, 11) is 1.71. The van der Waals surface area contributed by atoms with Gasteiger partial charge in [0.25, 0.3) is 5.91 Å². The standard InChI is InChI=1S/C12H20N4O2/c1-3-12(9-17)5-4-6-16(8-12)11(18)10-7-13-14-15(10)2/h7,17H,3-6,8-9H2,1-2H3. The molecule has 1 saturated heterocycles. The molecule has 1 fully saturated rings. The minimum atomic E-state index is -0.139. The van der Waals surface area contributed by atoms with Gasteiger partial charge >= 0.3 is 0 Å². The molecule has 0 saturated carbocycles. The minimum absolute atomic E-state index is 0.0477. The van der Waals surface area contributed by atoms with Crippen molar-refractivity contribution in [1.29, 1.82) is 0 Å². The van der Waals surface area contributed by atoms with Crippen molar-refractivity contribution >= 4 is 5.91 Å². The fraction of sp³-hybridized carbons (Fsp3) is 0.750. The van der Waals surface area contributed by atoms with Crippen molar-refractivity contribution in [2.45, 2.75) is 26.2 Å². The maximum absolute atomic E-state index is 12.3. The van der Waals surface area contributed by atoms with E-state index in [2.05, 4.69) is 17.2 Å². The number of nitrogens with zero attached hydrogens (tertiary/aromatic N) is 4. The maximum Gasteiger partial charge on any atom is 0.273 e. The van der Waals surface area contributed by atoms with Gasteiger partial charge in [0, 0.05) is 25.6 Å². The van der Waals surface area contributed by atoms with Gasteiger partial charge in [-0.15, -0.1) is 5.10 Å². The fourth-order valence-corrected chi connectivity index (χ4v) is 2.56. The molecule has 2 heterocycles. The second kappa shape index (κ2) is 5.06. The molecule has 6 nitrogen and oxygen atoms in total. The molecule has 1 aliphatic heterocycles. The van der Waals surface area contributed by atoms with Crippen LogP contribution >= 0.6 is 0 Å². The van der Waals surface area contributed by atoms with E-state index in [-0.39, 0.29) is 17.9 Å². The summed E-state index contributed by atoms with van der Waals surface area (Å²) < 4.78 is 1.49. The third-order valence-corrected chi connectivity index (χ3v) is 3.97. The second-order valence-electron chi connectivity index (χ2n) is 5.08. The zero-order valence-corrected chi connectivity index (χ0v) is 11.0. The molecule has 1 aliphatic rings. The third-order valence-electron chi connectivity index (χ3n) is 3.97. The first-order chi connectivity index (χ1) is 8.62. The van der Waals surface area contributed by atoms with Crippen molar-refractivity contribution in [3.05, 3.63) is 11.9 Å². The van der Waals surface area contributed by atoms with Crippen LogP contribution in [-0.4, -0.2) is 50.6 Å². The summed E-state index contributed by atoms with van der Waals surface area (Å²) >= 11 is 0. The molecule has 18 heavy (non-hydrogen) atoms. The summed E-state index contributed by atoms with van der Waals surface area (Å²) in [6, 6.07) is 0. The van der Waals surface area contributed by atoms with Gasteiger partial charge in [-0.25, -0.2) is 4.68 Å². The number of carbonyl (C=O) groups is 1. The van der Waals surface area contributed by atoms with Crippen molar-refractivity contribution in [2.24, 2.45) is 12.5 Å². The van der Waals surface area contributed by atoms with Gasteiger partial charge < -0.3 is 10.0 Å². The number of hydrogen-bond donors (Lipinski definition) is 1. The molecular formula is C12H20N4O2. The first-order valence-electron chi connectivity index (χ1n) is 6.37. The molecule has 0 aromatic carbocycles. The SMILES string of the molecule is CCC1(CO)CCCN(C(=O)c2cnnn2C)C1. The van der Waals surface area contributed by atoms with Gasteiger partial charge in [0.2, 0.25) is 0 Å². The maximum atomic E-state index is 12.3. The number of hydrogen-bond acceptors (Lipinski definition) is 4. The van der Waals surface area contributed by atoms with Gasteiger partial charge in [0.05, 0.1) is 12.8 Å². The summed E-state index contributed by atoms with van der Waals surface area (Å²) in [5.74, 6) is -0.0477. The van der Waals surface area contributed by atoms with Crippen molar-refractivity contribution in [2.75, 3.05) is 19.7 Å². The van der Waals surface area contributed by atoms with E-state index < -0.39 is 0 Å². The number of rotatable bonds is 3. The minimum Gasteiger partial charge on any atom is -0.396 e. The number of aliphatic hydroxyl groups is 1. The first kappa shape index (κ1) is 13.0. The summed E-state index contributed by atoms with van der Waals surface area (Å²) in [6.45, 7) is 3.56. The van der Waals surface area contributed by atoms with Crippen molar-refractivity contribution in [3.8, 4) is 0 Å². The number of aryl methyl sites for hydroxylation is 1. The van der Waals surface area contributed by atoms with Gasteiger partial charge in [-0.05, 0) is 19.3 Å². The van der Waals surface area contributed by atoms with Crippen LogP contribution in [0.5, 0.6) is 0 Å². The van der Waals surface area contributed by atoms with Crippen LogP contribution in [-0.2, 0) is 7.05 Å². The van der Waals surface area contributed by atoms with Crippen LogP contribution in [0.25, 0.3) is 0 Å². The Hall–Kier alpha value is -1.43. The van der Waals surface area contributed by atoms with Crippen LogP contribution in [0.4, 0.5) is 0 Å². The monoisotopic (exact) mass is 252 g/mol. The highest BCUT2D eigenvalue weighted by Gasteiger charge is 2.36. The molecule has 2 rings (SSSR count). The van der Waals surface area contributed by atoms with E-state index in [4.69, 9.17) is 0 Å². The zero-order chi connectivity index (χ0) is 13.2. The quantitative estimate of drug-likeness (QED) is 0.847. The Kier molecular flexibility index (Phi) is 3.65. The van der Waals surface area contributed by atoms with E-state index >= 15 is 0 Å². The molecule has 1 atom stereocenters. The number of aliphatic hydroxyl groups excluding tert-OH is 1. The molecule has 1 aromatic heterocycles. The zero-order valence-electron chi connectivity index (χ0n) is 11.0. The smallest absolute Gasteiger partial charge is 0.273 e. The molecule has 1 amide bonds. The first-order valence-corrected chi connectivity index (χ1v) is 6.37. The van der Waals surface area contributed by atoms with Crippen LogP contribution < -0.4 is 0 Å². The molecule has 1 N–H and O–H groups in total. The van der Waals surface area contributed by atoms with Crippen LogP contribution in [0.15, 0.2) is 6.20 Å². The topological polar surface area (TPSA) is 71.2 Å². The normalized spacial score (nSPS) is 24.3. The van der Waals surface area contributed by atoms with E-state index in [9.17, 15) is 9.90 Å². The summed E-state index contributed by atoms with van der Waals surface area (Å²) in [4.78, 5) is 14.2. The summed E-state index contributed by atoms with van der Waals surface area (Å²) in [6.07, 6.45) is 4.29. The molecule has 100 valence electrons. The van der Waals surface area contributed by atoms with Gasteiger partial charge in [0.15, 0.2) is 0 Å². The Bertz CT molecular complexity index is 425. The number of amides is 1. The van der Waals surface area contributed by atoms with Gasteiger partial charge in [-0.2, -0.15) is 0 Å². The van der Waals surface area contributed by atoms with E-state index in [0.717, 1.165) is 25.8 Å². The van der Waals surface area contributed by atoms with Gasteiger partial charge in [0.1, 0.15) is 5.69 Å². The van der Waals surface area contributed by atoms with Crippen molar-refractivity contribution < 1.29 is 9.90 Å². The van der Waals surface area contributed by atoms with Gasteiger partial charge in [-0.3, -0.25) is 4.79 Å². The third kappa shape index (κ3) is 2.25. The highest BCUT2D eigenvalue weighted by molar-refractivity contribution is 5.92. The largest absolute Gasteiger partial charge is 0.396 e. The van der Waals surface area contributed by atoms with Crippen LogP contribution in [0.1, 0.15) is 36.7 Å². The lowest BCUT2D eigenvalue weighted by Crippen LogP contribution is -2.48. The Labute approximate surface area is 107 Å². The van der Waals surface area contributed by atoms with E-state index in [0.29, 0.717) is 12.2 Å². The lowest BCUT2D eigenvalue weighted by atomic mass is 9.78. The fourth-order valence-electron chi connectivity index (χ4n) is 2.56. The molecule has 1 aromatic rings. The van der Waals surface area contributed by atoms with E-state index in [1.807, 2.05) is 4.90 Å². The highest BCUT2D eigenvalue weighted by atomic mass is 16.3. The average molecular weight is 252 g/mol. The number of carbonyl (C=O) groups excluding carboxylic acids is 1. The summed E-state index contributed by atoms with van der Waals surface area (Å²) in [5.41, 5.74) is 0.361. The van der Waals surface area contributed by atoms with Crippen molar-refractivity contribution in [3.63, 3.8) is 0 Å². The van der Waals surface area contributed by atoms with Crippen LogP contribution in [0.3, 0.4) is 0 Å². The Morgan fingerprint density at radius 3 is 2.94 bits per heavy atom. The lowest BCUT2D eigenvalue weighted by Gasteiger charge is -2.41. The van der Waals surface area contributed by atoms with Crippen LogP contribution in [0, 0.1) is 5.41 Å². The number of likely N-dealkylation sites (tertiary alicyclic amines) is 1. The van der Waals surface area contributed by atoms with Crippen LogP contribution in [0.2, 0.25) is 0 Å². The van der Waals surface area contributed by atoms with E-state index in [1.165, 1.54) is 10.9 Å². The Morgan fingerprint density at radius 2 is 2.39 bits per heavy atom. The second-order valence-corrected chi connectivity index (χ2v) is 5.08. The number of piperidine rings is 1. The molecule has 0 spiro atoms. The van der Waals surface area contributed by atoms with Gasteiger partial charge in [-0.1, -0.05) is 12.1 Å². The molecule has 0 bridgehead atoms. The Balaban J connectivity index is 2.14. The molecule has 6 heteroatoms. The molecule has 0 radical (unpaired) electrons. The van der Waals surface area contributed by atoms with E-state index in [1.54, 1.807) is 7.05 Å². The number of aromatic nitrogens is 3. The van der Waals surface area contributed by atoms with Crippen molar-refractivity contribution in [1.82, 2.24) is 19.9 Å². The summed E-state index contributed by atoms with van der Waals surface area (Å²) in [5, 5.41) is 17.1. The lowest BCUT2D eigenvalue weighted by molar-refractivity contribution is 0.0245. The average Bonchev–Trinajstić information content (AvgIpc) is 2.84. The molecule has 1 unspecified atom stereocenters. The predicted octanol–water partition coefficient (Wildman–Crippen LogP) is 0.440. The highest BCUT2D eigenvalue weighted by Crippen LogP contribution is 2.33.